The molecule has 4 heteroatoms. The average Bonchev–Trinajstić information content (AvgIpc) is 2.61. The number of hydrogen-bond donors (Lipinski definition) is 2. The molecule has 0 radical (unpaired) electrons. The van der Waals surface area contributed by atoms with Crippen molar-refractivity contribution in [1.29, 1.82) is 0 Å². The van der Waals surface area contributed by atoms with Crippen molar-refractivity contribution in [2.45, 2.75) is 18.9 Å². The van der Waals surface area contributed by atoms with E-state index < -0.39 is 0 Å². The molecule has 10 heavy (non-hydrogen) atoms. The molecule has 2 aliphatic rings. The molecule has 1 aliphatic heterocycles. The highest BCUT2D eigenvalue weighted by atomic mass is 16.2. The van der Waals surface area contributed by atoms with Crippen LogP contribution in [-0.4, -0.2) is 18.0 Å². The Labute approximate surface area is 58.0 Å². The van der Waals surface area contributed by atoms with Gasteiger partial charge in [0.05, 0.1) is 0 Å². The van der Waals surface area contributed by atoms with Crippen molar-refractivity contribution < 1.29 is 9.59 Å². The number of hydrogen-bond acceptors (Lipinski definition) is 2. The minimum atomic E-state index is -0.345. The van der Waals surface area contributed by atoms with Gasteiger partial charge in [-0.15, -0.1) is 0 Å². The van der Waals surface area contributed by atoms with Gasteiger partial charge < -0.3 is 5.32 Å². The molecule has 3 amide bonds. The van der Waals surface area contributed by atoms with Gasteiger partial charge in [-0.05, 0) is 18.8 Å². The summed E-state index contributed by atoms with van der Waals surface area (Å²) < 4.78 is 0. The molecule has 1 saturated carbocycles. The van der Waals surface area contributed by atoms with E-state index >= 15 is 0 Å². The average molecular weight is 140 g/mol. The summed E-state index contributed by atoms with van der Waals surface area (Å²) in [4.78, 5) is 21.4. The van der Waals surface area contributed by atoms with Crippen LogP contribution in [0.2, 0.25) is 0 Å². The summed E-state index contributed by atoms with van der Waals surface area (Å²) >= 11 is 0. The summed E-state index contributed by atoms with van der Waals surface area (Å²) in [5.74, 6) is 0.249. The van der Waals surface area contributed by atoms with Crippen molar-refractivity contribution in [2.24, 2.45) is 5.92 Å². The molecule has 4 nitrogen and oxygen atoms in total. The molecule has 1 heterocycles. The van der Waals surface area contributed by atoms with E-state index in [1.54, 1.807) is 0 Å². The molecule has 2 N–H and O–H groups in total. The van der Waals surface area contributed by atoms with Crippen LogP contribution >= 0.6 is 0 Å². The van der Waals surface area contributed by atoms with Crippen molar-refractivity contribution >= 4 is 11.9 Å². The molecule has 2 rings (SSSR count). The number of rotatable bonds is 1. The lowest BCUT2D eigenvalue weighted by Gasteiger charge is -2.01. The number of carbonyl (C=O) groups excluding carboxylic acids is 2. The summed E-state index contributed by atoms with van der Waals surface area (Å²) in [6.07, 6.45) is 2.14. The van der Waals surface area contributed by atoms with Crippen molar-refractivity contribution in [3.63, 3.8) is 0 Å². The minimum Gasteiger partial charge on any atom is -0.326 e. The van der Waals surface area contributed by atoms with E-state index in [-0.39, 0.29) is 18.0 Å². The van der Waals surface area contributed by atoms with Gasteiger partial charge in [-0.25, -0.2) is 4.79 Å². The Morgan fingerprint density at radius 1 is 1.30 bits per heavy atom. The van der Waals surface area contributed by atoms with Gasteiger partial charge in [0.15, 0.2) is 0 Å². The SMILES string of the molecule is O=C1NC(=O)[C@@H](C2CC2)N1. The predicted molar refractivity (Wildman–Crippen MR) is 33.2 cm³/mol. The van der Waals surface area contributed by atoms with Crippen LogP contribution in [-0.2, 0) is 4.79 Å². The van der Waals surface area contributed by atoms with Crippen LogP contribution in [0.4, 0.5) is 4.79 Å². The Morgan fingerprint density at radius 3 is 2.40 bits per heavy atom. The molecular weight excluding hydrogens is 132 g/mol. The van der Waals surface area contributed by atoms with Gasteiger partial charge in [-0.2, -0.15) is 0 Å². The first-order valence-corrected chi connectivity index (χ1v) is 3.39. The molecule has 1 saturated heterocycles. The van der Waals surface area contributed by atoms with Crippen molar-refractivity contribution in [3.8, 4) is 0 Å². The van der Waals surface area contributed by atoms with Gasteiger partial charge in [0, 0.05) is 0 Å². The fraction of sp³-hybridized carbons (Fsp3) is 0.667. The molecule has 0 aromatic carbocycles. The zero-order valence-corrected chi connectivity index (χ0v) is 5.39. The van der Waals surface area contributed by atoms with Crippen LogP contribution in [0.3, 0.4) is 0 Å². The molecule has 0 bridgehead atoms. The monoisotopic (exact) mass is 140 g/mol. The molecule has 1 aliphatic carbocycles. The highest BCUT2D eigenvalue weighted by Gasteiger charge is 2.41. The molecule has 0 aromatic heterocycles. The third kappa shape index (κ3) is 0.761. The van der Waals surface area contributed by atoms with E-state index in [0.717, 1.165) is 12.8 Å². The zero-order valence-electron chi connectivity index (χ0n) is 5.39. The Bertz CT molecular complexity index is 198. The summed E-state index contributed by atoms with van der Waals surface area (Å²) in [7, 11) is 0. The maximum Gasteiger partial charge on any atom is 0.322 e. The van der Waals surface area contributed by atoms with Gasteiger partial charge in [0.2, 0.25) is 0 Å². The van der Waals surface area contributed by atoms with Crippen LogP contribution in [0.15, 0.2) is 0 Å². The Balaban J connectivity index is 2.08. The second kappa shape index (κ2) is 1.71. The minimum absolute atomic E-state index is 0.160. The molecule has 2 fully saturated rings. The van der Waals surface area contributed by atoms with Crippen LogP contribution < -0.4 is 10.6 Å². The first kappa shape index (κ1) is 5.70. The second-order valence-corrected chi connectivity index (χ2v) is 2.78. The molecule has 1 atom stereocenters. The van der Waals surface area contributed by atoms with Gasteiger partial charge in [0.1, 0.15) is 6.04 Å². The van der Waals surface area contributed by atoms with Gasteiger partial charge in [0.25, 0.3) is 5.91 Å². The Morgan fingerprint density at radius 2 is 2.00 bits per heavy atom. The van der Waals surface area contributed by atoms with Gasteiger partial charge >= 0.3 is 6.03 Å². The number of imide groups is 1. The Hall–Kier alpha value is -1.06. The zero-order chi connectivity index (χ0) is 7.14. The van der Waals surface area contributed by atoms with E-state index in [0.29, 0.717) is 5.92 Å². The fourth-order valence-electron chi connectivity index (χ4n) is 1.19. The topological polar surface area (TPSA) is 58.2 Å². The van der Waals surface area contributed by atoms with Crippen LogP contribution in [0.1, 0.15) is 12.8 Å². The Kier molecular flexibility index (Phi) is 0.977. The largest absolute Gasteiger partial charge is 0.326 e. The van der Waals surface area contributed by atoms with E-state index in [1.807, 2.05) is 0 Å². The summed E-state index contributed by atoms with van der Waals surface area (Å²) in [5.41, 5.74) is 0. The summed E-state index contributed by atoms with van der Waals surface area (Å²) in [6, 6.07) is -0.575. The van der Waals surface area contributed by atoms with E-state index in [1.165, 1.54) is 0 Å². The molecule has 54 valence electrons. The normalized spacial score (nSPS) is 31.8. The van der Waals surface area contributed by atoms with Crippen molar-refractivity contribution in [1.82, 2.24) is 10.6 Å². The summed E-state index contributed by atoms with van der Waals surface area (Å²) in [6.45, 7) is 0. The fourth-order valence-corrected chi connectivity index (χ4v) is 1.19. The molecule has 0 unspecified atom stereocenters. The van der Waals surface area contributed by atoms with Crippen LogP contribution in [0.25, 0.3) is 0 Å². The van der Waals surface area contributed by atoms with E-state index in [4.69, 9.17) is 0 Å². The second-order valence-electron chi connectivity index (χ2n) is 2.78. The maximum absolute atomic E-state index is 10.9. The van der Waals surface area contributed by atoms with E-state index in [9.17, 15) is 9.59 Å². The predicted octanol–water partition coefficient (Wildman–Crippen LogP) is -0.396. The summed E-state index contributed by atoms with van der Waals surface area (Å²) in [5, 5.41) is 4.77. The standard InChI is InChI=1S/C6H8N2O2/c9-5-4(3-1-2-3)7-6(10)8-5/h3-4H,1-2H2,(H2,7,8,9,10)/t4-/m1/s1. The van der Waals surface area contributed by atoms with Crippen molar-refractivity contribution in [2.75, 3.05) is 0 Å². The van der Waals surface area contributed by atoms with Crippen LogP contribution in [0, 0.1) is 5.92 Å². The van der Waals surface area contributed by atoms with E-state index in [2.05, 4.69) is 10.6 Å². The highest BCUT2D eigenvalue weighted by Crippen LogP contribution is 2.33. The number of carbonyl (C=O) groups is 2. The third-order valence-electron chi connectivity index (χ3n) is 1.90. The smallest absolute Gasteiger partial charge is 0.322 e. The van der Waals surface area contributed by atoms with Crippen molar-refractivity contribution in [3.05, 3.63) is 0 Å². The first-order chi connectivity index (χ1) is 4.77. The maximum atomic E-state index is 10.9. The molecular formula is C6H8N2O2. The third-order valence-corrected chi connectivity index (χ3v) is 1.90. The van der Waals surface area contributed by atoms with Crippen LogP contribution in [0.5, 0.6) is 0 Å². The lowest BCUT2D eigenvalue weighted by molar-refractivity contribution is -0.120. The number of amides is 3. The van der Waals surface area contributed by atoms with Gasteiger partial charge in [-0.3, -0.25) is 10.1 Å². The molecule has 0 spiro atoms. The number of nitrogens with one attached hydrogen (secondary N) is 2. The van der Waals surface area contributed by atoms with Gasteiger partial charge in [-0.1, -0.05) is 0 Å². The molecule has 0 aromatic rings. The quantitative estimate of drug-likeness (QED) is 0.487. The number of urea groups is 1. The highest BCUT2D eigenvalue weighted by molar-refractivity contribution is 6.04. The first-order valence-electron chi connectivity index (χ1n) is 3.39. The lowest BCUT2D eigenvalue weighted by atomic mass is 10.2. The lowest BCUT2D eigenvalue weighted by Crippen LogP contribution is -2.30.